The molecule has 114 valence electrons. The van der Waals surface area contributed by atoms with Crippen molar-refractivity contribution in [3.63, 3.8) is 0 Å². The van der Waals surface area contributed by atoms with Crippen molar-refractivity contribution in [3.05, 3.63) is 29.3 Å². The number of carbonyl (C=O) groups is 2. The Hall–Kier alpha value is -2.12. The van der Waals surface area contributed by atoms with Gasteiger partial charge < -0.3 is 10.4 Å². The fraction of sp³-hybridized carbons (Fsp3) is 0.385. The smallest absolute Gasteiger partial charge is 0.307 e. The van der Waals surface area contributed by atoms with Crippen LogP contribution in [0.3, 0.4) is 0 Å². The van der Waals surface area contributed by atoms with Crippen LogP contribution in [-0.2, 0) is 9.59 Å². The van der Waals surface area contributed by atoms with E-state index >= 15 is 0 Å². The van der Waals surface area contributed by atoms with Gasteiger partial charge in [0.15, 0.2) is 23.3 Å². The molecule has 0 aliphatic heterocycles. The van der Waals surface area contributed by atoms with E-state index in [1.54, 1.807) is 5.32 Å². The number of hydrogen-bond donors (Lipinski definition) is 2. The van der Waals surface area contributed by atoms with E-state index in [9.17, 15) is 27.2 Å². The molecule has 2 atom stereocenters. The number of amides is 1. The Morgan fingerprint density at radius 3 is 2.10 bits per heavy atom. The highest BCUT2D eigenvalue weighted by atomic mass is 19.2. The van der Waals surface area contributed by atoms with E-state index in [2.05, 4.69) is 0 Å². The number of rotatable bonds is 3. The summed E-state index contributed by atoms with van der Waals surface area (Å²) >= 11 is 0. The van der Waals surface area contributed by atoms with Crippen LogP contribution in [0.1, 0.15) is 19.3 Å². The van der Waals surface area contributed by atoms with E-state index in [0.29, 0.717) is 6.42 Å². The fourth-order valence-corrected chi connectivity index (χ4v) is 2.47. The quantitative estimate of drug-likeness (QED) is 0.666. The molecule has 0 bridgehead atoms. The Kier molecular flexibility index (Phi) is 4.15. The first-order valence-corrected chi connectivity index (χ1v) is 6.19. The van der Waals surface area contributed by atoms with Gasteiger partial charge in [0.05, 0.1) is 11.8 Å². The maximum absolute atomic E-state index is 13.4. The summed E-state index contributed by atoms with van der Waals surface area (Å²) in [5, 5.41) is 10.7. The molecule has 0 heterocycles. The number of nitrogens with one attached hydrogen (secondary N) is 1. The van der Waals surface area contributed by atoms with Crippen molar-refractivity contribution in [2.75, 3.05) is 5.32 Å². The lowest BCUT2D eigenvalue weighted by molar-refractivity contribution is -0.145. The second kappa shape index (κ2) is 5.71. The zero-order valence-corrected chi connectivity index (χ0v) is 10.6. The van der Waals surface area contributed by atoms with Crippen LogP contribution in [0, 0.1) is 35.1 Å². The number of carbonyl (C=O) groups excluding carboxylic acids is 1. The van der Waals surface area contributed by atoms with Gasteiger partial charge in [-0.1, -0.05) is 6.42 Å². The molecular formula is C13H11F4NO3. The molecule has 0 aromatic heterocycles. The van der Waals surface area contributed by atoms with Crippen molar-refractivity contribution >= 4 is 17.6 Å². The Bertz CT molecular complexity index is 579. The Morgan fingerprint density at radius 2 is 1.57 bits per heavy atom. The fourth-order valence-electron chi connectivity index (χ4n) is 2.47. The number of anilines is 1. The predicted molar refractivity (Wildman–Crippen MR) is 63.4 cm³/mol. The van der Waals surface area contributed by atoms with Crippen LogP contribution < -0.4 is 5.32 Å². The van der Waals surface area contributed by atoms with Crippen molar-refractivity contribution in [1.82, 2.24) is 0 Å². The summed E-state index contributed by atoms with van der Waals surface area (Å²) in [7, 11) is 0. The Morgan fingerprint density at radius 1 is 1.05 bits per heavy atom. The molecule has 0 spiro atoms. The van der Waals surface area contributed by atoms with Gasteiger partial charge in [-0.25, -0.2) is 17.6 Å². The van der Waals surface area contributed by atoms with Gasteiger partial charge in [0, 0.05) is 6.07 Å². The summed E-state index contributed by atoms with van der Waals surface area (Å²) in [4.78, 5) is 22.9. The van der Waals surface area contributed by atoms with Gasteiger partial charge in [-0.05, 0) is 12.8 Å². The van der Waals surface area contributed by atoms with Crippen molar-refractivity contribution in [3.8, 4) is 0 Å². The van der Waals surface area contributed by atoms with Crippen LogP contribution in [0.4, 0.5) is 23.2 Å². The minimum atomic E-state index is -1.73. The summed E-state index contributed by atoms with van der Waals surface area (Å²) in [6.07, 6.45) is 0.956. The van der Waals surface area contributed by atoms with E-state index < -0.39 is 52.7 Å². The molecule has 4 nitrogen and oxygen atoms in total. The van der Waals surface area contributed by atoms with Crippen LogP contribution in [0.15, 0.2) is 6.07 Å². The monoisotopic (exact) mass is 305 g/mol. The number of benzene rings is 1. The highest BCUT2D eigenvalue weighted by molar-refractivity contribution is 5.95. The first-order chi connectivity index (χ1) is 9.82. The van der Waals surface area contributed by atoms with Gasteiger partial charge >= 0.3 is 5.97 Å². The normalized spacial score (nSPS) is 21.3. The third kappa shape index (κ3) is 2.84. The summed E-state index contributed by atoms with van der Waals surface area (Å²) in [6.45, 7) is 0. The number of carboxylic acids is 1. The number of hydrogen-bond acceptors (Lipinski definition) is 2. The first kappa shape index (κ1) is 15.3. The molecule has 8 heteroatoms. The average Bonchev–Trinajstić information content (AvgIpc) is 2.91. The Labute approximate surface area is 116 Å². The van der Waals surface area contributed by atoms with Crippen molar-refractivity contribution in [2.45, 2.75) is 19.3 Å². The second-order valence-electron chi connectivity index (χ2n) is 4.81. The van der Waals surface area contributed by atoms with Gasteiger partial charge in [-0.15, -0.1) is 0 Å². The van der Waals surface area contributed by atoms with Gasteiger partial charge in [0.1, 0.15) is 5.69 Å². The number of aliphatic carboxylic acids is 1. The molecular weight excluding hydrogens is 294 g/mol. The second-order valence-corrected chi connectivity index (χ2v) is 4.81. The number of carboxylic acid groups (broad SMARTS) is 1. The summed E-state index contributed by atoms with van der Waals surface area (Å²) < 4.78 is 52.9. The molecule has 1 aliphatic rings. The zero-order valence-electron chi connectivity index (χ0n) is 10.6. The molecule has 1 saturated carbocycles. The highest BCUT2D eigenvalue weighted by Gasteiger charge is 2.38. The minimum absolute atomic E-state index is 0.0238. The van der Waals surface area contributed by atoms with Crippen LogP contribution in [0.25, 0.3) is 0 Å². The lowest BCUT2D eigenvalue weighted by atomic mass is 9.95. The van der Waals surface area contributed by atoms with Crippen molar-refractivity contribution in [1.29, 1.82) is 0 Å². The topological polar surface area (TPSA) is 66.4 Å². The van der Waals surface area contributed by atoms with Crippen molar-refractivity contribution < 1.29 is 32.3 Å². The molecule has 1 fully saturated rings. The van der Waals surface area contributed by atoms with Crippen LogP contribution in [0.2, 0.25) is 0 Å². The van der Waals surface area contributed by atoms with Crippen LogP contribution in [0.5, 0.6) is 0 Å². The third-order valence-electron chi connectivity index (χ3n) is 3.53. The van der Waals surface area contributed by atoms with Crippen LogP contribution in [-0.4, -0.2) is 17.0 Å². The maximum atomic E-state index is 13.4. The molecule has 2 unspecified atom stereocenters. The van der Waals surface area contributed by atoms with Gasteiger partial charge in [0.2, 0.25) is 5.91 Å². The lowest BCUT2D eigenvalue weighted by Crippen LogP contribution is -2.30. The molecule has 2 rings (SSSR count). The Balaban J connectivity index is 2.26. The van der Waals surface area contributed by atoms with Gasteiger partial charge in [-0.2, -0.15) is 0 Å². The molecule has 0 radical (unpaired) electrons. The van der Waals surface area contributed by atoms with Gasteiger partial charge in [0.25, 0.3) is 0 Å². The van der Waals surface area contributed by atoms with E-state index in [0.717, 1.165) is 0 Å². The summed E-state index contributed by atoms with van der Waals surface area (Å²) in [6, 6.07) is 0.0238. The third-order valence-corrected chi connectivity index (χ3v) is 3.53. The molecule has 21 heavy (non-hydrogen) atoms. The summed E-state index contributed by atoms with van der Waals surface area (Å²) in [5.41, 5.74) is -1.24. The SMILES string of the molecule is O=C(O)C1CCCC1C(=O)Nc1c(F)c(F)cc(F)c1F. The zero-order chi connectivity index (χ0) is 15.7. The predicted octanol–water partition coefficient (Wildman–Crippen LogP) is 2.68. The van der Waals surface area contributed by atoms with Gasteiger partial charge in [-0.3, -0.25) is 9.59 Å². The van der Waals surface area contributed by atoms with E-state index in [1.165, 1.54) is 0 Å². The van der Waals surface area contributed by atoms with E-state index in [4.69, 9.17) is 5.11 Å². The molecule has 1 aromatic carbocycles. The lowest BCUT2D eigenvalue weighted by Gasteiger charge is -2.16. The highest BCUT2D eigenvalue weighted by Crippen LogP contribution is 2.34. The summed E-state index contributed by atoms with van der Waals surface area (Å²) in [5.74, 6) is -10.9. The molecule has 1 aromatic rings. The number of halogens is 4. The minimum Gasteiger partial charge on any atom is -0.481 e. The molecule has 1 aliphatic carbocycles. The molecule has 1 amide bonds. The maximum Gasteiger partial charge on any atom is 0.307 e. The molecule has 0 saturated heterocycles. The first-order valence-electron chi connectivity index (χ1n) is 6.19. The standard InChI is InChI=1S/C13H11F4NO3/c14-7-4-8(15)10(17)11(9(7)16)18-12(19)5-2-1-3-6(5)13(20)21/h4-6H,1-3H2,(H,18,19)(H,20,21). The molecule has 2 N–H and O–H groups in total. The van der Waals surface area contributed by atoms with Crippen molar-refractivity contribution in [2.24, 2.45) is 11.8 Å². The van der Waals surface area contributed by atoms with Crippen LogP contribution >= 0.6 is 0 Å². The largest absolute Gasteiger partial charge is 0.481 e. The average molecular weight is 305 g/mol. The van der Waals surface area contributed by atoms with E-state index in [1.807, 2.05) is 0 Å². The van der Waals surface area contributed by atoms with E-state index in [-0.39, 0.29) is 18.9 Å².